The molecule has 0 aromatic heterocycles. The quantitative estimate of drug-likeness (QED) is 0.0624. The Morgan fingerprint density at radius 1 is 0.494 bits per heavy atom. The summed E-state index contributed by atoms with van der Waals surface area (Å²) in [6, 6.07) is 72.0. The van der Waals surface area contributed by atoms with E-state index in [2.05, 4.69) is 138 Å². The number of benzene rings is 8. The van der Waals surface area contributed by atoms with Crippen LogP contribution in [-0.4, -0.2) is 58.6 Å². The summed E-state index contributed by atoms with van der Waals surface area (Å²) in [5.41, 5.74) is 14.1. The van der Waals surface area contributed by atoms with E-state index in [1.54, 1.807) is 4.90 Å². The van der Waals surface area contributed by atoms with Crippen LogP contribution in [0.1, 0.15) is 122 Å². The van der Waals surface area contributed by atoms with Crippen LogP contribution in [0, 0.1) is 6.92 Å². The summed E-state index contributed by atoms with van der Waals surface area (Å²) < 4.78 is 0. The average molecular weight is 1080 g/mol. The molecule has 0 saturated carbocycles. The van der Waals surface area contributed by atoms with E-state index in [0.717, 1.165) is 118 Å². The molecule has 2 aliphatic heterocycles. The number of fused-ring (bicyclic) bond motifs is 2. The lowest BCUT2D eigenvalue weighted by Gasteiger charge is -2.37. The van der Waals surface area contributed by atoms with Crippen LogP contribution in [-0.2, 0) is 61.2 Å². The second-order valence-electron chi connectivity index (χ2n) is 22.0. The first kappa shape index (κ1) is 57.3. The third-order valence-electron chi connectivity index (χ3n) is 16.2. The second-order valence-corrected chi connectivity index (χ2v) is 22.0. The van der Waals surface area contributed by atoms with E-state index in [0.29, 0.717) is 43.2 Å². The fourth-order valence-corrected chi connectivity index (χ4v) is 11.6. The Morgan fingerprint density at radius 3 is 1.43 bits per heavy atom. The van der Waals surface area contributed by atoms with E-state index in [4.69, 9.17) is 0 Å². The number of aryl methyl sites for hydroxylation is 5. The van der Waals surface area contributed by atoms with Crippen molar-refractivity contribution in [1.29, 1.82) is 0 Å². The predicted octanol–water partition coefficient (Wildman–Crippen LogP) is 14.1. The topological polar surface area (TPSA) is 98.8 Å². The minimum absolute atomic E-state index is 0.00307. The Labute approximate surface area is 480 Å². The van der Waals surface area contributed by atoms with Crippen molar-refractivity contribution in [2.45, 2.75) is 128 Å². The van der Waals surface area contributed by atoms with Gasteiger partial charge < -0.3 is 20.4 Å². The van der Waals surface area contributed by atoms with Crippen molar-refractivity contribution in [2.75, 3.05) is 6.54 Å². The Bertz CT molecular complexity index is 3170. The van der Waals surface area contributed by atoms with Crippen molar-refractivity contribution in [2.24, 2.45) is 0 Å². The lowest BCUT2D eigenvalue weighted by atomic mass is 9.91. The van der Waals surface area contributed by atoms with E-state index >= 15 is 0 Å². The summed E-state index contributed by atoms with van der Waals surface area (Å²) in [5, 5.41) is 6.42. The molecule has 2 aliphatic rings. The van der Waals surface area contributed by atoms with Crippen molar-refractivity contribution < 1.29 is 19.2 Å². The number of amides is 4. The molecule has 81 heavy (non-hydrogen) atoms. The number of hydrogen-bond donors (Lipinski definition) is 2. The summed E-state index contributed by atoms with van der Waals surface area (Å²) >= 11 is 0. The van der Waals surface area contributed by atoms with Crippen LogP contribution in [0.5, 0.6) is 0 Å². The summed E-state index contributed by atoms with van der Waals surface area (Å²) in [6.07, 6.45) is 14.2. The molecule has 8 aromatic rings. The number of hydrogen-bond acceptors (Lipinski definition) is 4. The zero-order chi connectivity index (χ0) is 56.0. The van der Waals surface area contributed by atoms with Gasteiger partial charge in [0.2, 0.25) is 12.3 Å². The predicted molar refractivity (Wildman–Crippen MR) is 328 cm³/mol. The number of nitrogens with one attached hydrogen (secondary N) is 2. The maximum atomic E-state index is 14.6. The van der Waals surface area contributed by atoms with Gasteiger partial charge in [0, 0.05) is 49.3 Å². The largest absolute Gasteiger partial charge is 0.356 e. The monoisotopic (exact) mass is 1070 g/mol. The second kappa shape index (κ2) is 29.7. The molecule has 0 radical (unpaired) electrons. The molecule has 414 valence electrons. The first-order chi connectivity index (χ1) is 39.8. The highest BCUT2D eigenvalue weighted by atomic mass is 16.2. The summed E-state index contributed by atoms with van der Waals surface area (Å²) in [7, 11) is 0. The van der Waals surface area contributed by atoms with Crippen LogP contribution in [0.2, 0.25) is 0 Å². The fraction of sp³-hybridized carbons (Fsp3) is 0.288. The maximum absolute atomic E-state index is 14.6. The number of carbonyl (C=O) groups is 4. The van der Waals surface area contributed by atoms with Crippen molar-refractivity contribution >= 4 is 24.1 Å². The van der Waals surface area contributed by atoms with Gasteiger partial charge in [0.15, 0.2) is 0 Å². The summed E-state index contributed by atoms with van der Waals surface area (Å²) in [6.45, 7) is 3.67. The molecule has 0 spiro atoms. The Kier molecular flexibility index (Phi) is 21.0. The molecule has 2 N–H and O–H groups in total. The summed E-state index contributed by atoms with van der Waals surface area (Å²) in [4.78, 5) is 57.0. The molecule has 4 amide bonds. The smallest absolute Gasteiger partial charge is 0.255 e. The van der Waals surface area contributed by atoms with Crippen molar-refractivity contribution in [3.05, 3.63) is 274 Å². The first-order valence-electron chi connectivity index (χ1n) is 29.4. The van der Waals surface area contributed by atoms with Crippen LogP contribution >= 0.6 is 0 Å². The normalized spacial score (nSPS) is 13.6. The number of carbonyl (C=O) groups excluding carboxylic acids is 4. The van der Waals surface area contributed by atoms with E-state index < -0.39 is 6.04 Å². The SMILES string of the molecule is Cc1cc(-c2ccc(C(=O)N3CCc4ccccc4C3)cc2)ccc1C(=O)N1Cc2ccccc2CC1C(=O)NC(CCCc1ccccc1)CCCc1ccccc1.O=CNC(CCCc1ccccc1)CCCc1ccccc1. The molecule has 10 rings (SSSR count). The molecule has 2 heterocycles. The van der Waals surface area contributed by atoms with Crippen LogP contribution in [0.3, 0.4) is 0 Å². The van der Waals surface area contributed by atoms with E-state index in [9.17, 15) is 19.2 Å². The molecule has 0 saturated heterocycles. The molecule has 1 atom stereocenters. The van der Waals surface area contributed by atoms with Gasteiger partial charge in [0.1, 0.15) is 6.04 Å². The van der Waals surface area contributed by atoms with Gasteiger partial charge in [0.05, 0.1) is 0 Å². The molecule has 0 fully saturated rings. The molecule has 8 nitrogen and oxygen atoms in total. The molecule has 8 heteroatoms. The van der Waals surface area contributed by atoms with Crippen LogP contribution < -0.4 is 10.6 Å². The van der Waals surface area contributed by atoms with Crippen LogP contribution in [0.4, 0.5) is 0 Å². The fourth-order valence-electron chi connectivity index (χ4n) is 11.6. The Morgan fingerprint density at radius 2 is 0.938 bits per heavy atom. The zero-order valence-electron chi connectivity index (χ0n) is 47.1. The van der Waals surface area contributed by atoms with Gasteiger partial charge in [-0.05, 0) is 170 Å². The molecule has 0 aliphatic carbocycles. The van der Waals surface area contributed by atoms with Crippen molar-refractivity contribution in [1.82, 2.24) is 20.4 Å². The first-order valence-corrected chi connectivity index (χ1v) is 29.4. The zero-order valence-corrected chi connectivity index (χ0v) is 47.1. The summed E-state index contributed by atoms with van der Waals surface area (Å²) in [5.74, 6) is -0.192. The van der Waals surface area contributed by atoms with E-state index in [1.165, 1.54) is 33.4 Å². The van der Waals surface area contributed by atoms with Gasteiger partial charge in [-0.25, -0.2) is 0 Å². The highest BCUT2D eigenvalue weighted by Crippen LogP contribution is 2.30. The van der Waals surface area contributed by atoms with Gasteiger partial charge in [-0.1, -0.05) is 194 Å². The lowest BCUT2D eigenvalue weighted by Crippen LogP contribution is -2.54. The van der Waals surface area contributed by atoms with Crippen LogP contribution in [0.25, 0.3) is 11.1 Å². The number of nitrogens with zero attached hydrogens (tertiary/aromatic N) is 2. The number of rotatable bonds is 23. The third kappa shape index (κ3) is 16.6. The highest BCUT2D eigenvalue weighted by Gasteiger charge is 2.36. The Hall–Kier alpha value is -8.36. The van der Waals surface area contributed by atoms with Gasteiger partial charge >= 0.3 is 0 Å². The molecule has 0 bridgehead atoms. The van der Waals surface area contributed by atoms with E-state index in [-0.39, 0.29) is 23.8 Å². The molecular formula is C73H78N4O4. The minimum atomic E-state index is -0.624. The standard InChI is InChI=1S/C53H53N3O3.C20H25NO/c1-38-34-45(42-26-28-43(29-27-42)52(58)55-33-32-41-20-8-10-22-46(41)36-55)30-31-49(38)53(59)56-37-47-23-11-9-21-44(47)35-50(56)51(57)54-48(24-12-18-39-14-4-2-5-15-39)25-13-19-40-16-6-3-7-17-40;22-17-21-20(15-7-13-18-9-3-1-4-10-18)16-8-14-19-11-5-2-6-12-19/h2-11,14-17,20-23,26-31,34,48,50H,12-13,18-19,24-25,32-33,35-37H2,1H3,(H,54,57);1-6,9-12,17,20H,7-8,13-16H2,(H,21,22). The van der Waals surface area contributed by atoms with E-state index in [1.807, 2.05) is 96.8 Å². The van der Waals surface area contributed by atoms with Gasteiger partial charge in [-0.3, -0.25) is 19.2 Å². The minimum Gasteiger partial charge on any atom is -0.356 e. The van der Waals surface area contributed by atoms with Crippen molar-refractivity contribution in [3.63, 3.8) is 0 Å². The molecule has 1 unspecified atom stereocenters. The highest BCUT2D eigenvalue weighted by molar-refractivity contribution is 6.00. The third-order valence-corrected chi connectivity index (χ3v) is 16.2. The van der Waals surface area contributed by atoms with Crippen molar-refractivity contribution in [3.8, 4) is 11.1 Å². The van der Waals surface area contributed by atoms with Gasteiger partial charge in [-0.15, -0.1) is 0 Å². The molecular weight excluding hydrogens is 997 g/mol. The van der Waals surface area contributed by atoms with Gasteiger partial charge in [-0.2, -0.15) is 0 Å². The molecule has 8 aromatic carbocycles. The lowest BCUT2D eigenvalue weighted by molar-refractivity contribution is -0.127. The average Bonchev–Trinajstić information content (AvgIpc) is 3.65. The maximum Gasteiger partial charge on any atom is 0.255 e. The Balaban J connectivity index is 0.000000302. The van der Waals surface area contributed by atoms with Gasteiger partial charge in [0.25, 0.3) is 11.8 Å². The van der Waals surface area contributed by atoms with Crippen LogP contribution in [0.15, 0.2) is 212 Å².